The number of carbonyl (C=O) groups excluding carboxylic acids is 1. The van der Waals surface area contributed by atoms with Gasteiger partial charge >= 0.3 is 0 Å². The van der Waals surface area contributed by atoms with Crippen LogP contribution in [0.25, 0.3) is 0 Å². The third-order valence-corrected chi connectivity index (χ3v) is 3.79. The molecule has 1 aliphatic carbocycles. The molecule has 5 heteroatoms. The Hall–Kier alpha value is -1.62. The first-order valence-electron chi connectivity index (χ1n) is 6.78. The Morgan fingerprint density at radius 3 is 2.84 bits per heavy atom. The van der Waals surface area contributed by atoms with E-state index in [2.05, 4.69) is 5.32 Å². The first-order valence-corrected chi connectivity index (χ1v) is 6.78. The molecule has 0 saturated heterocycles. The van der Waals surface area contributed by atoms with Crippen molar-refractivity contribution in [1.29, 1.82) is 0 Å². The number of carbonyl (C=O) groups is 1. The summed E-state index contributed by atoms with van der Waals surface area (Å²) in [6, 6.07) is 3.21. The number of nitrogens with one attached hydrogen (secondary N) is 1. The fourth-order valence-corrected chi connectivity index (χ4v) is 2.61. The highest BCUT2D eigenvalue weighted by molar-refractivity contribution is 5.90. The standard InChI is InChI=1S/C14H21N3O2/c1-17-9-11(6-7-14(17)19)16-13(18)8-10-4-2-3-5-12(10)15/h6-7,9-10,12H,2-5,8,15H2,1H3,(H,16,18). The van der Waals surface area contributed by atoms with Gasteiger partial charge in [-0.2, -0.15) is 0 Å². The summed E-state index contributed by atoms with van der Waals surface area (Å²) >= 11 is 0. The molecule has 104 valence electrons. The number of pyridine rings is 1. The van der Waals surface area contributed by atoms with Crippen LogP contribution in [0, 0.1) is 5.92 Å². The van der Waals surface area contributed by atoms with Gasteiger partial charge in [-0.05, 0) is 24.8 Å². The number of aryl methyl sites for hydroxylation is 1. The fraction of sp³-hybridized carbons (Fsp3) is 0.571. The highest BCUT2D eigenvalue weighted by atomic mass is 16.1. The Balaban J connectivity index is 1.93. The monoisotopic (exact) mass is 263 g/mol. The van der Waals surface area contributed by atoms with Gasteiger partial charge in [-0.25, -0.2) is 0 Å². The molecule has 1 aliphatic rings. The molecule has 0 radical (unpaired) electrons. The van der Waals surface area contributed by atoms with Crippen LogP contribution in [-0.4, -0.2) is 16.5 Å². The average molecular weight is 263 g/mol. The van der Waals surface area contributed by atoms with E-state index in [1.165, 1.54) is 17.1 Å². The molecule has 19 heavy (non-hydrogen) atoms. The number of nitrogens with two attached hydrogens (primary N) is 1. The highest BCUT2D eigenvalue weighted by Crippen LogP contribution is 2.25. The fourth-order valence-electron chi connectivity index (χ4n) is 2.61. The van der Waals surface area contributed by atoms with Crippen LogP contribution in [0.4, 0.5) is 5.69 Å². The smallest absolute Gasteiger partial charge is 0.250 e. The second kappa shape index (κ2) is 6.02. The molecule has 1 fully saturated rings. The maximum atomic E-state index is 12.0. The van der Waals surface area contributed by atoms with E-state index in [-0.39, 0.29) is 23.4 Å². The second-order valence-electron chi connectivity index (χ2n) is 5.33. The average Bonchev–Trinajstić information content (AvgIpc) is 2.37. The van der Waals surface area contributed by atoms with E-state index in [1.54, 1.807) is 19.3 Å². The van der Waals surface area contributed by atoms with Crippen LogP contribution in [0.5, 0.6) is 0 Å². The topological polar surface area (TPSA) is 77.1 Å². The van der Waals surface area contributed by atoms with E-state index >= 15 is 0 Å². The zero-order valence-corrected chi connectivity index (χ0v) is 11.3. The molecule has 1 saturated carbocycles. The van der Waals surface area contributed by atoms with E-state index < -0.39 is 0 Å². The van der Waals surface area contributed by atoms with Crippen molar-refractivity contribution in [3.05, 3.63) is 28.7 Å². The number of anilines is 1. The Labute approximate surface area is 112 Å². The van der Waals surface area contributed by atoms with Gasteiger partial charge in [0.25, 0.3) is 0 Å². The van der Waals surface area contributed by atoms with E-state index in [0.717, 1.165) is 19.3 Å². The maximum Gasteiger partial charge on any atom is 0.250 e. The third kappa shape index (κ3) is 3.67. The Morgan fingerprint density at radius 2 is 2.16 bits per heavy atom. The molecular formula is C14H21N3O2. The molecule has 0 bridgehead atoms. The lowest BCUT2D eigenvalue weighted by molar-refractivity contribution is -0.117. The summed E-state index contributed by atoms with van der Waals surface area (Å²) in [4.78, 5) is 23.2. The highest BCUT2D eigenvalue weighted by Gasteiger charge is 2.24. The van der Waals surface area contributed by atoms with E-state index in [1.807, 2.05) is 0 Å². The largest absolute Gasteiger partial charge is 0.327 e. The first-order chi connectivity index (χ1) is 9.06. The molecule has 2 rings (SSSR count). The van der Waals surface area contributed by atoms with Crippen molar-refractivity contribution in [2.45, 2.75) is 38.1 Å². The third-order valence-electron chi connectivity index (χ3n) is 3.79. The van der Waals surface area contributed by atoms with Crippen LogP contribution < -0.4 is 16.6 Å². The van der Waals surface area contributed by atoms with Gasteiger partial charge in [-0.1, -0.05) is 12.8 Å². The van der Waals surface area contributed by atoms with E-state index in [9.17, 15) is 9.59 Å². The normalized spacial score (nSPS) is 23.1. The molecule has 5 nitrogen and oxygen atoms in total. The summed E-state index contributed by atoms with van der Waals surface area (Å²) in [6.07, 6.45) is 6.45. The number of nitrogens with zero attached hydrogens (tertiary/aromatic N) is 1. The molecule has 0 aromatic carbocycles. The van der Waals surface area contributed by atoms with Crippen molar-refractivity contribution in [3.8, 4) is 0 Å². The van der Waals surface area contributed by atoms with Crippen LogP contribution in [0.15, 0.2) is 23.1 Å². The summed E-state index contributed by atoms with van der Waals surface area (Å²) in [5.41, 5.74) is 6.60. The molecule has 3 N–H and O–H groups in total. The van der Waals surface area contributed by atoms with Crippen molar-refractivity contribution in [3.63, 3.8) is 0 Å². The molecule has 0 aliphatic heterocycles. The van der Waals surface area contributed by atoms with Crippen molar-refractivity contribution in [2.24, 2.45) is 18.7 Å². The first kappa shape index (κ1) is 13.8. The van der Waals surface area contributed by atoms with Gasteiger partial charge in [0.05, 0.1) is 5.69 Å². The summed E-state index contributed by atoms with van der Waals surface area (Å²) in [5, 5.41) is 2.82. The molecule has 1 aromatic rings. The van der Waals surface area contributed by atoms with Gasteiger partial charge in [0.2, 0.25) is 11.5 Å². The van der Waals surface area contributed by atoms with Crippen molar-refractivity contribution >= 4 is 11.6 Å². The quantitative estimate of drug-likeness (QED) is 0.861. The Kier molecular flexibility index (Phi) is 4.37. The Bertz CT molecular complexity index is 510. The molecular weight excluding hydrogens is 242 g/mol. The van der Waals surface area contributed by atoms with Gasteiger partial charge in [-0.15, -0.1) is 0 Å². The minimum absolute atomic E-state index is 0.0269. The number of rotatable bonds is 3. The minimum atomic E-state index is -0.0905. The summed E-state index contributed by atoms with van der Waals surface area (Å²) < 4.78 is 1.45. The Morgan fingerprint density at radius 1 is 1.42 bits per heavy atom. The molecule has 0 spiro atoms. The van der Waals surface area contributed by atoms with E-state index in [0.29, 0.717) is 12.1 Å². The minimum Gasteiger partial charge on any atom is -0.327 e. The van der Waals surface area contributed by atoms with Crippen molar-refractivity contribution in [2.75, 3.05) is 5.32 Å². The predicted octanol–water partition coefficient (Wildman–Crippen LogP) is 1.23. The van der Waals surface area contributed by atoms with Crippen LogP contribution in [0.3, 0.4) is 0 Å². The number of aromatic nitrogens is 1. The van der Waals surface area contributed by atoms with Crippen LogP contribution in [0.1, 0.15) is 32.1 Å². The van der Waals surface area contributed by atoms with Gasteiger partial charge in [0.15, 0.2) is 0 Å². The molecule has 1 aromatic heterocycles. The lowest BCUT2D eigenvalue weighted by Gasteiger charge is -2.27. The lowest BCUT2D eigenvalue weighted by atomic mass is 9.83. The molecule has 1 amide bonds. The van der Waals surface area contributed by atoms with Crippen LogP contribution in [0.2, 0.25) is 0 Å². The van der Waals surface area contributed by atoms with Gasteiger partial charge in [0, 0.05) is 31.8 Å². The maximum absolute atomic E-state index is 12.0. The zero-order chi connectivity index (χ0) is 13.8. The van der Waals surface area contributed by atoms with Crippen molar-refractivity contribution in [1.82, 2.24) is 4.57 Å². The number of hydrogen-bond donors (Lipinski definition) is 2. The van der Waals surface area contributed by atoms with Gasteiger partial charge in [0.1, 0.15) is 0 Å². The van der Waals surface area contributed by atoms with Gasteiger partial charge < -0.3 is 15.6 Å². The molecule has 2 atom stereocenters. The summed E-state index contributed by atoms with van der Waals surface area (Å²) in [5.74, 6) is 0.252. The number of hydrogen-bond acceptors (Lipinski definition) is 3. The molecule has 1 heterocycles. The second-order valence-corrected chi connectivity index (χ2v) is 5.33. The van der Waals surface area contributed by atoms with Crippen LogP contribution in [-0.2, 0) is 11.8 Å². The zero-order valence-electron chi connectivity index (χ0n) is 11.3. The van der Waals surface area contributed by atoms with Crippen molar-refractivity contribution < 1.29 is 4.79 Å². The van der Waals surface area contributed by atoms with Crippen LogP contribution >= 0.6 is 0 Å². The predicted molar refractivity (Wildman–Crippen MR) is 74.9 cm³/mol. The van der Waals surface area contributed by atoms with Gasteiger partial charge in [-0.3, -0.25) is 9.59 Å². The summed E-state index contributed by atoms with van der Waals surface area (Å²) in [7, 11) is 1.66. The molecule has 2 unspecified atom stereocenters. The number of amides is 1. The lowest BCUT2D eigenvalue weighted by Crippen LogP contribution is -2.35. The SMILES string of the molecule is Cn1cc(NC(=O)CC2CCCCC2N)ccc1=O. The van der Waals surface area contributed by atoms with E-state index in [4.69, 9.17) is 5.73 Å². The summed E-state index contributed by atoms with van der Waals surface area (Å²) in [6.45, 7) is 0.